The lowest BCUT2D eigenvalue weighted by atomic mass is 10.0. The van der Waals surface area contributed by atoms with Crippen LogP contribution in [-0.2, 0) is 6.54 Å². The van der Waals surface area contributed by atoms with Crippen molar-refractivity contribution in [1.82, 2.24) is 10.2 Å². The maximum Gasteiger partial charge on any atom is 0.317 e. The summed E-state index contributed by atoms with van der Waals surface area (Å²) in [6.07, 6.45) is 0. The number of hydrogen-bond acceptors (Lipinski definition) is 2. The molecule has 0 radical (unpaired) electrons. The van der Waals surface area contributed by atoms with E-state index in [1.54, 1.807) is 11.9 Å². The molecule has 0 unspecified atom stereocenters. The Bertz CT molecular complexity index is 733. The molecule has 0 aromatic heterocycles. The maximum atomic E-state index is 13.4. The van der Waals surface area contributed by atoms with Crippen LogP contribution < -0.4 is 10.1 Å². The number of carbonyl (C=O) groups is 1. The molecule has 1 N–H and O–H groups in total. The number of hydrogen-bond donors (Lipinski definition) is 1. The topological polar surface area (TPSA) is 41.6 Å². The predicted molar refractivity (Wildman–Crippen MR) is 97.2 cm³/mol. The molecule has 2 amide bonds. The third-order valence-electron chi connectivity index (χ3n) is 3.94. The highest BCUT2D eigenvalue weighted by Gasteiger charge is 2.10. The number of carbonyl (C=O) groups excluding carboxylic acids is 1. The van der Waals surface area contributed by atoms with Gasteiger partial charge in [-0.25, -0.2) is 13.6 Å². The first-order chi connectivity index (χ1) is 12.4. The van der Waals surface area contributed by atoms with Crippen molar-refractivity contribution in [2.24, 2.45) is 0 Å². The predicted octanol–water partition coefficient (Wildman–Crippen LogP) is 4.31. The van der Waals surface area contributed by atoms with Gasteiger partial charge in [0, 0.05) is 19.7 Å². The summed E-state index contributed by atoms with van der Waals surface area (Å²) in [5, 5.41) is 2.70. The molecule has 2 aromatic rings. The van der Waals surface area contributed by atoms with Gasteiger partial charge < -0.3 is 15.0 Å². The number of nitrogens with one attached hydrogen (secondary N) is 1. The lowest BCUT2D eigenvalue weighted by Crippen LogP contribution is -2.38. The minimum atomic E-state index is -0.765. The summed E-state index contributed by atoms with van der Waals surface area (Å²) < 4.78 is 31.4. The summed E-state index contributed by atoms with van der Waals surface area (Å²) >= 11 is 0. The zero-order chi connectivity index (χ0) is 19.1. The van der Waals surface area contributed by atoms with Gasteiger partial charge in [0.05, 0.1) is 6.54 Å². The summed E-state index contributed by atoms with van der Waals surface area (Å²) in [6, 6.07) is 11.0. The fraction of sp³-hybridized carbons (Fsp3) is 0.350. The van der Waals surface area contributed by atoms with Crippen molar-refractivity contribution in [3.8, 4) is 5.75 Å². The van der Waals surface area contributed by atoms with Crippen molar-refractivity contribution >= 4 is 6.03 Å². The fourth-order valence-electron chi connectivity index (χ4n) is 2.40. The monoisotopic (exact) mass is 362 g/mol. The summed E-state index contributed by atoms with van der Waals surface area (Å²) in [6.45, 7) is 5.05. The van der Waals surface area contributed by atoms with Gasteiger partial charge >= 0.3 is 6.03 Å². The molecule has 140 valence electrons. The number of nitrogens with zero attached hydrogens (tertiary/aromatic N) is 1. The first kappa shape index (κ1) is 19.7. The number of ether oxygens (including phenoxy) is 1. The van der Waals surface area contributed by atoms with Gasteiger partial charge in [0.15, 0.2) is 11.6 Å². The highest BCUT2D eigenvalue weighted by molar-refractivity contribution is 5.73. The number of benzene rings is 2. The third-order valence-corrected chi connectivity index (χ3v) is 3.94. The van der Waals surface area contributed by atoms with Crippen LogP contribution in [0.3, 0.4) is 0 Å². The van der Waals surface area contributed by atoms with Crippen LogP contribution in [0.5, 0.6) is 5.75 Å². The molecule has 0 fully saturated rings. The molecule has 2 aromatic carbocycles. The molecular weight excluding hydrogens is 338 g/mol. The summed E-state index contributed by atoms with van der Waals surface area (Å²) in [4.78, 5) is 13.6. The van der Waals surface area contributed by atoms with E-state index in [0.29, 0.717) is 12.5 Å². The van der Waals surface area contributed by atoms with Crippen molar-refractivity contribution in [2.45, 2.75) is 26.3 Å². The lowest BCUT2D eigenvalue weighted by molar-refractivity contribution is 0.203. The highest BCUT2D eigenvalue weighted by atomic mass is 19.1. The number of amides is 2. The number of urea groups is 1. The Morgan fingerprint density at radius 1 is 1.15 bits per heavy atom. The van der Waals surface area contributed by atoms with Crippen LogP contribution in [-0.4, -0.2) is 31.1 Å². The van der Waals surface area contributed by atoms with E-state index in [1.807, 2.05) is 12.1 Å². The summed E-state index contributed by atoms with van der Waals surface area (Å²) in [7, 11) is 1.70. The molecule has 6 heteroatoms. The smallest absolute Gasteiger partial charge is 0.317 e. The Hall–Kier alpha value is -2.63. The van der Waals surface area contributed by atoms with Crippen molar-refractivity contribution < 1.29 is 18.3 Å². The second kappa shape index (κ2) is 9.17. The Balaban J connectivity index is 1.74. The Kier molecular flexibility index (Phi) is 6.95. The zero-order valence-electron chi connectivity index (χ0n) is 15.3. The molecule has 0 bridgehead atoms. The van der Waals surface area contributed by atoms with Gasteiger partial charge in [0.25, 0.3) is 0 Å². The second-order valence-corrected chi connectivity index (χ2v) is 6.41. The normalized spacial score (nSPS) is 10.7. The summed E-state index contributed by atoms with van der Waals surface area (Å²) in [5.74, 6) is -1.00. The molecule has 0 saturated carbocycles. The average Bonchev–Trinajstić information content (AvgIpc) is 2.60. The van der Waals surface area contributed by atoms with Crippen LogP contribution in [0, 0.1) is 11.6 Å². The van der Waals surface area contributed by atoms with Crippen LogP contribution in [0.2, 0.25) is 0 Å². The first-order valence-electron chi connectivity index (χ1n) is 8.52. The van der Waals surface area contributed by atoms with Gasteiger partial charge in [-0.05, 0) is 29.2 Å². The number of halogens is 2. The Labute approximate surface area is 152 Å². The molecule has 26 heavy (non-hydrogen) atoms. The van der Waals surface area contributed by atoms with Gasteiger partial charge in [-0.15, -0.1) is 0 Å². The Morgan fingerprint density at radius 2 is 1.85 bits per heavy atom. The van der Waals surface area contributed by atoms with Crippen molar-refractivity contribution in [1.29, 1.82) is 0 Å². The van der Waals surface area contributed by atoms with Gasteiger partial charge in [-0.1, -0.05) is 38.1 Å². The average molecular weight is 362 g/mol. The van der Waals surface area contributed by atoms with Crippen LogP contribution in [0.1, 0.15) is 30.9 Å². The molecular formula is C20H24F2N2O2. The van der Waals surface area contributed by atoms with Gasteiger partial charge in [0.2, 0.25) is 0 Å². The third kappa shape index (κ3) is 5.72. The van der Waals surface area contributed by atoms with Gasteiger partial charge in [-0.3, -0.25) is 0 Å². The standard InChI is InChI=1S/C20H24F2N2O2/c1-14(2)16-6-4-15(5-7-16)13-24(3)20(25)23-10-11-26-19-9-8-17(21)12-18(19)22/h4-9,12,14H,10-11,13H2,1-3H3,(H,23,25). The second-order valence-electron chi connectivity index (χ2n) is 6.41. The van der Waals surface area contributed by atoms with E-state index in [1.165, 1.54) is 11.6 Å². The Morgan fingerprint density at radius 3 is 2.46 bits per heavy atom. The highest BCUT2D eigenvalue weighted by Crippen LogP contribution is 2.17. The minimum Gasteiger partial charge on any atom is -0.489 e. The van der Waals surface area contributed by atoms with Crippen LogP contribution in [0.4, 0.5) is 13.6 Å². The van der Waals surface area contributed by atoms with Gasteiger partial charge in [-0.2, -0.15) is 0 Å². The van der Waals surface area contributed by atoms with Crippen LogP contribution in [0.25, 0.3) is 0 Å². The van der Waals surface area contributed by atoms with Crippen molar-refractivity contribution in [3.05, 3.63) is 65.2 Å². The first-order valence-corrected chi connectivity index (χ1v) is 8.52. The van der Waals surface area contributed by atoms with E-state index in [2.05, 4.69) is 31.3 Å². The fourth-order valence-corrected chi connectivity index (χ4v) is 2.40. The van der Waals surface area contributed by atoms with Crippen molar-refractivity contribution in [2.75, 3.05) is 20.2 Å². The lowest BCUT2D eigenvalue weighted by Gasteiger charge is -2.18. The molecule has 0 heterocycles. The largest absolute Gasteiger partial charge is 0.489 e. The van der Waals surface area contributed by atoms with E-state index >= 15 is 0 Å². The van der Waals surface area contributed by atoms with Crippen LogP contribution in [0.15, 0.2) is 42.5 Å². The molecule has 0 atom stereocenters. The van der Waals surface area contributed by atoms with E-state index in [4.69, 9.17) is 4.74 Å². The SMILES string of the molecule is CC(C)c1ccc(CN(C)C(=O)NCCOc2ccc(F)cc2F)cc1. The molecule has 2 rings (SSSR count). The molecule has 0 aliphatic carbocycles. The molecule has 0 aliphatic rings. The molecule has 0 saturated heterocycles. The molecule has 4 nitrogen and oxygen atoms in total. The minimum absolute atomic E-state index is 0.0424. The van der Waals surface area contributed by atoms with E-state index < -0.39 is 11.6 Å². The van der Waals surface area contributed by atoms with E-state index in [-0.39, 0.29) is 24.9 Å². The summed E-state index contributed by atoms with van der Waals surface area (Å²) in [5.41, 5.74) is 2.29. The van der Waals surface area contributed by atoms with E-state index in [9.17, 15) is 13.6 Å². The van der Waals surface area contributed by atoms with Gasteiger partial charge in [0.1, 0.15) is 12.4 Å². The quantitative estimate of drug-likeness (QED) is 0.746. The maximum absolute atomic E-state index is 13.4. The van der Waals surface area contributed by atoms with Crippen molar-refractivity contribution in [3.63, 3.8) is 0 Å². The molecule has 0 aliphatic heterocycles. The number of rotatable bonds is 7. The molecule has 0 spiro atoms. The zero-order valence-corrected chi connectivity index (χ0v) is 15.3. The van der Waals surface area contributed by atoms with Crippen LogP contribution >= 0.6 is 0 Å². The van der Waals surface area contributed by atoms with E-state index in [0.717, 1.165) is 17.7 Å².